The highest BCUT2D eigenvalue weighted by Gasteiger charge is 2.31. The number of Topliss-reactive ketones (excluding diaryl/α,β-unsaturated/α-hetero) is 1. The molecule has 0 amide bonds. The summed E-state index contributed by atoms with van der Waals surface area (Å²) >= 11 is 11.2. The number of benzene rings is 1. The predicted octanol–water partition coefficient (Wildman–Crippen LogP) is 5.20. The lowest BCUT2D eigenvalue weighted by atomic mass is 10.1. The third-order valence-corrected chi connectivity index (χ3v) is 3.71. The fraction of sp³-hybridized carbons (Fsp3) is 0.176. The summed E-state index contributed by atoms with van der Waals surface area (Å²) in [7, 11) is 0. The van der Waals surface area contributed by atoms with Crippen LogP contribution in [0.1, 0.15) is 5.56 Å². The molecular formula is C17H10Cl2F3N3O2. The number of nitrogens with zero attached hydrogens (tertiary/aromatic N) is 3. The van der Waals surface area contributed by atoms with Crippen molar-refractivity contribution in [2.45, 2.75) is 6.18 Å². The summed E-state index contributed by atoms with van der Waals surface area (Å²) in [5, 5.41) is 8.59. The number of aliphatic imine (C=N–C) groups is 1. The van der Waals surface area contributed by atoms with Crippen LogP contribution in [0.2, 0.25) is 5.02 Å². The first kappa shape index (κ1) is 20.7. The van der Waals surface area contributed by atoms with E-state index in [1.54, 1.807) is 6.07 Å². The van der Waals surface area contributed by atoms with Gasteiger partial charge in [-0.3, -0.25) is 9.79 Å². The Morgan fingerprint density at radius 3 is 2.56 bits per heavy atom. The van der Waals surface area contributed by atoms with Crippen molar-refractivity contribution < 1.29 is 22.7 Å². The molecule has 140 valence electrons. The van der Waals surface area contributed by atoms with Crippen molar-refractivity contribution in [2.75, 3.05) is 5.88 Å². The number of carbonyl (C=O) groups excluding carboxylic acids is 1. The van der Waals surface area contributed by atoms with Crippen molar-refractivity contribution in [3.8, 4) is 17.7 Å². The van der Waals surface area contributed by atoms with Crippen LogP contribution in [0.3, 0.4) is 0 Å². The van der Waals surface area contributed by atoms with Crippen molar-refractivity contribution in [3.63, 3.8) is 0 Å². The molecule has 0 spiro atoms. The zero-order chi connectivity index (χ0) is 20.0. The van der Waals surface area contributed by atoms with Gasteiger partial charge in [-0.15, -0.1) is 11.6 Å². The Bertz CT molecular complexity index is 894. The molecule has 0 saturated carbocycles. The van der Waals surface area contributed by atoms with Crippen LogP contribution < -0.4 is 4.74 Å². The summed E-state index contributed by atoms with van der Waals surface area (Å²) < 4.78 is 43.1. The van der Waals surface area contributed by atoms with Gasteiger partial charge in [-0.1, -0.05) is 11.6 Å². The highest BCUT2D eigenvalue weighted by Crippen LogP contribution is 2.34. The van der Waals surface area contributed by atoms with E-state index in [9.17, 15) is 18.0 Å². The largest absolute Gasteiger partial charge is 0.438 e. The monoisotopic (exact) mass is 415 g/mol. The van der Waals surface area contributed by atoms with E-state index in [2.05, 4.69) is 9.98 Å². The maximum atomic E-state index is 12.6. The number of pyridine rings is 1. The number of carbonyl (C=O) groups is 1. The lowest BCUT2D eigenvalue weighted by molar-refractivity contribution is -0.137. The van der Waals surface area contributed by atoms with Gasteiger partial charge in [0.2, 0.25) is 5.88 Å². The lowest BCUT2D eigenvalue weighted by Gasteiger charge is -2.10. The Balaban J connectivity index is 2.10. The Morgan fingerprint density at radius 1 is 1.37 bits per heavy atom. The van der Waals surface area contributed by atoms with Gasteiger partial charge in [0.1, 0.15) is 16.7 Å². The van der Waals surface area contributed by atoms with Gasteiger partial charge in [0.25, 0.3) is 0 Å². The van der Waals surface area contributed by atoms with Gasteiger partial charge in [-0.25, -0.2) is 4.98 Å². The van der Waals surface area contributed by atoms with Crippen molar-refractivity contribution >= 4 is 40.9 Å². The molecule has 0 radical (unpaired) electrons. The number of hydrogen-bond donors (Lipinski definition) is 0. The van der Waals surface area contributed by atoms with Crippen LogP contribution >= 0.6 is 23.2 Å². The second kappa shape index (κ2) is 8.84. The molecule has 0 N–H and O–H groups in total. The molecule has 0 saturated heterocycles. The Kier molecular flexibility index (Phi) is 6.77. The van der Waals surface area contributed by atoms with E-state index >= 15 is 0 Å². The number of halogens is 5. The zero-order valence-corrected chi connectivity index (χ0v) is 14.9. The molecule has 1 aromatic carbocycles. The Labute approximate surface area is 162 Å². The summed E-state index contributed by atoms with van der Waals surface area (Å²) in [6.07, 6.45) is -2.76. The number of aromatic nitrogens is 1. The average molecular weight is 416 g/mol. The van der Waals surface area contributed by atoms with Crippen molar-refractivity contribution in [2.24, 2.45) is 10.9 Å². The van der Waals surface area contributed by atoms with Crippen molar-refractivity contribution in [1.29, 1.82) is 5.26 Å². The molecule has 0 bridgehead atoms. The minimum atomic E-state index is -4.55. The lowest BCUT2D eigenvalue weighted by Crippen LogP contribution is -2.14. The summed E-state index contributed by atoms with van der Waals surface area (Å²) in [5.41, 5.74) is -0.556. The minimum Gasteiger partial charge on any atom is -0.438 e. The van der Waals surface area contributed by atoms with Gasteiger partial charge >= 0.3 is 6.18 Å². The summed E-state index contributed by atoms with van der Waals surface area (Å²) in [6, 6.07) is 8.49. The maximum absolute atomic E-state index is 12.6. The molecule has 2 rings (SSSR count). The molecule has 1 heterocycles. The average Bonchev–Trinajstić information content (AvgIpc) is 2.64. The van der Waals surface area contributed by atoms with Crippen LogP contribution in [-0.4, -0.2) is 22.9 Å². The summed E-state index contributed by atoms with van der Waals surface area (Å²) in [6.45, 7) is 0. The van der Waals surface area contributed by atoms with E-state index in [0.717, 1.165) is 6.07 Å². The van der Waals surface area contributed by atoms with Crippen LogP contribution in [-0.2, 0) is 11.0 Å². The molecule has 0 fully saturated rings. The topological polar surface area (TPSA) is 75.3 Å². The number of hydrogen-bond acceptors (Lipinski definition) is 5. The van der Waals surface area contributed by atoms with Gasteiger partial charge in [0.05, 0.1) is 23.2 Å². The third-order valence-electron chi connectivity index (χ3n) is 3.18. The number of rotatable bonds is 6. The van der Waals surface area contributed by atoms with Crippen LogP contribution in [0.5, 0.6) is 11.6 Å². The molecule has 0 aliphatic rings. The number of ketones is 1. The highest BCUT2D eigenvalue weighted by atomic mass is 35.5. The Morgan fingerprint density at radius 2 is 2.04 bits per heavy atom. The van der Waals surface area contributed by atoms with Gasteiger partial charge in [0.15, 0.2) is 5.78 Å². The molecular weight excluding hydrogens is 406 g/mol. The van der Waals surface area contributed by atoms with Crippen LogP contribution in [0.15, 0.2) is 41.5 Å². The normalized spacial score (nSPS) is 12.6. The predicted molar refractivity (Wildman–Crippen MR) is 93.7 cm³/mol. The minimum absolute atomic E-state index is 0.182. The first-order chi connectivity index (χ1) is 12.7. The first-order valence-corrected chi connectivity index (χ1v) is 8.19. The van der Waals surface area contributed by atoms with Crippen LogP contribution in [0.25, 0.3) is 0 Å². The number of alkyl halides is 4. The molecule has 0 aliphatic heterocycles. The molecule has 0 aliphatic carbocycles. The van der Waals surface area contributed by atoms with E-state index in [1.165, 1.54) is 30.5 Å². The molecule has 1 atom stereocenters. The summed E-state index contributed by atoms with van der Waals surface area (Å²) in [5.74, 6) is -1.73. The quantitative estimate of drug-likeness (QED) is 0.480. The van der Waals surface area contributed by atoms with E-state index in [0.29, 0.717) is 11.9 Å². The standard InChI is InChI=1S/C17H10Cl2F3N3O2/c18-6-15(26)10(7-23)8-24-12-1-3-13(4-2-12)27-16-14(19)5-11(9-25-16)17(20,21)22/h1-5,8-10H,6H2. The van der Waals surface area contributed by atoms with Crippen molar-refractivity contribution in [3.05, 3.63) is 47.1 Å². The summed E-state index contributed by atoms with van der Waals surface area (Å²) in [4.78, 5) is 19.0. The smallest absolute Gasteiger partial charge is 0.417 e. The molecule has 2 aromatic rings. The van der Waals surface area contributed by atoms with Gasteiger partial charge in [-0.2, -0.15) is 18.4 Å². The fourth-order valence-corrected chi connectivity index (χ4v) is 2.17. The molecule has 27 heavy (non-hydrogen) atoms. The van der Waals surface area contributed by atoms with E-state index in [4.69, 9.17) is 33.2 Å². The SMILES string of the molecule is N#CC(C=Nc1ccc(Oc2ncc(C(F)(F)F)cc2Cl)cc1)C(=O)CCl. The second-order valence-corrected chi connectivity index (χ2v) is 5.76. The molecule has 10 heteroatoms. The number of ether oxygens (including phenoxy) is 1. The fourth-order valence-electron chi connectivity index (χ4n) is 1.80. The first-order valence-electron chi connectivity index (χ1n) is 7.27. The van der Waals surface area contributed by atoms with Crippen LogP contribution in [0.4, 0.5) is 18.9 Å². The molecule has 5 nitrogen and oxygen atoms in total. The number of nitriles is 1. The highest BCUT2D eigenvalue weighted by molar-refractivity contribution is 6.32. The Hall–Kier alpha value is -2.63. The van der Waals surface area contributed by atoms with Gasteiger partial charge in [0, 0.05) is 12.4 Å². The van der Waals surface area contributed by atoms with E-state index in [1.807, 2.05) is 0 Å². The van der Waals surface area contributed by atoms with Gasteiger partial charge < -0.3 is 4.74 Å². The van der Waals surface area contributed by atoms with Gasteiger partial charge in [-0.05, 0) is 30.3 Å². The van der Waals surface area contributed by atoms with Crippen molar-refractivity contribution in [1.82, 2.24) is 4.98 Å². The van der Waals surface area contributed by atoms with Crippen LogP contribution in [0, 0.1) is 17.2 Å². The van der Waals surface area contributed by atoms with E-state index < -0.39 is 23.4 Å². The third kappa shape index (κ3) is 5.67. The zero-order valence-electron chi connectivity index (χ0n) is 13.4. The second-order valence-electron chi connectivity index (χ2n) is 5.09. The maximum Gasteiger partial charge on any atom is 0.417 e. The molecule has 1 aromatic heterocycles. The van der Waals surface area contributed by atoms with E-state index in [-0.39, 0.29) is 22.5 Å². The molecule has 1 unspecified atom stereocenters.